The molecule has 0 spiro atoms. The smallest absolute Gasteiger partial charge is 0.326 e. The second kappa shape index (κ2) is 26.0. The number of aliphatic carboxylic acids is 1. The van der Waals surface area contributed by atoms with Gasteiger partial charge in [-0.1, -0.05) is 39.8 Å². The summed E-state index contributed by atoms with van der Waals surface area (Å²) in [5, 5.41) is 32.5. The van der Waals surface area contributed by atoms with E-state index in [-0.39, 0.29) is 50.4 Å². The number of phenolic OH excluding ortho intramolecular Hbond substituents is 1. The molecule has 1 rings (SSSR count). The van der Waals surface area contributed by atoms with Gasteiger partial charge < -0.3 is 65.5 Å². The summed E-state index contributed by atoms with van der Waals surface area (Å²) in [7, 11) is 0. The Hall–Kier alpha value is -5.01. The maximum absolute atomic E-state index is 13.9. The summed E-state index contributed by atoms with van der Waals surface area (Å²) < 4.78 is 0. The summed E-state index contributed by atoms with van der Waals surface area (Å²) in [5.74, 6) is -5.61. The molecule has 0 heterocycles. The number of guanidine groups is 1. The first-order valence-electron chi connectivity index (χ1n) is 19.1. The van der Waals surface area contributed by atoms with Crippen molar-refractivity contribution in [3.63, 3.8) is 0 Å². The number of carbonyl (C=O) groups is 6. The van der Waals surface area contributed by atoms with Crippen LogP contribution in [0.2, 0.25) is 0 Å². The third-order valence-corrected chi connectivity index (χ3v) is 8.94. The Labute approximate surface area is 329 Å². The SMILES string of the molecule is CC(C)C(NC(=O)C(N)Cc1ccc(O)cc1)C(=O)NC(CCCCN)C(=O)NC(CCCN=C(N)N)C(=O)NC(C(=O)NC(CCCCN)C(=O)O)C(C)C. The summed E-state index contributed by atoms with van der Waals surface area (Å²) in [6.07, 6.45) is 2.73. The van der Waals surface area contributed by atoms with Gasteiger partial charge in [-0.15, -0.1) is 0 Å². The Balaban J connectivity index is 3.26. The predicted molar refractivity (Wildman–Crippen MR) is 212 cm³/mol. The molecule has 0 saturated heterocycles. The normalized spacial score (nSPS) is 14.4. The van der Waals surface area contributed by atoms with Crippen molar-refractivity contribution in [2.75, 3.05) is 19.6 Å². The third-order valence-electron chi connectivity index (χ3n) is 8.94. The van der Waals surface area contributed by atoms with Gasteiger partial charge in [-0.05, 0) is 100 Å². The van der Waals surface area contributed by atoms with Crippen LogP contribution in [-0.4, -0.2) is 108 Å². The van der Waals surface area contributed by atoms with Crippen LogP contribution in [0.4, 0.5) is 0 Å². The molecule has 6 atom stereocenters. The first-order valence-corrected chi connectivity index (χ1v) is 19.1. The molecule has 6 unspecified atom stereocenters. The summed E-state index contributed by atoms with van der Waals surface area (Å²) >= 11 is 0. The van der Waals surface area contributed by atoms with Gasteiger partial charge in [0.1, 0.15) is 36.0 Å². The van der Waals surface area contributed by atoms with Crippen LogP contribution < -0.4 is 55.3 Å². The van der Waals surface area contributed by atoms with E-state index in [0.717, 1.165) is 0 Å². The summed E-state index contributed by atoms with van der Waals surface area (Å²) in [5.41, 5.74) is 29.0. The molecule has 1 aromatic rings. The van der Waals surface area contributed by atoms with Crippen LogP contribution in [0.5, 0.6) is 5.75 Å². The van der Waals surface area contributed by atoms with Crippen LogP contribution in [0.3, 0.4) is 0 Å². The van der Waals surface area contributed by atoms with Crippen LogP contribution in [0.1, 0.15) is 84.6 Å². The van der Waals surface area contributed by atoms with Crippen molar-refractivity contribution >= 4 is 41.5 Å². The number of carboxylic acid groups (broad SMARTS) is 1. The molecule has 0 aliphatic rings. The summed E-state index contributed by atoms with van der Waals surface area (Å²) in [6, 6.07) is -0.618. The first-order chi connectivity index (χ1) is 26.4. The zero-order valence-electron chi connectivity index (χ0n) is 33.1. The number of aromatic hydroxyl groups is 1. The van der Waals surface area contributed by atoms with Gasteiger partial charge in [-0.2, -0.15) is 0 Å². The van der Waals surface area contributed by atoms with Gasteiger partial charge in [0.25, 0.3) is 0 Å². The maximum atomic E-state index is 13.9. The fraction of sp³-hybridized carbons (Fsp3) is 0.649. The van der Waals surface area contributed by atoms with Gasteiger partial charge >= 0.3 is 5.97 Å². The first kappa shape index (κ1) is 49.0. The van der Waals surface area contributed by atoms with E-state index in [9.17, 15) is 39.0 Å². The minimum Gasteiger partial charge on any atom is -0.508 e. The van der Waals surface area contributed by atoms with Crippen LogP contribution in [0, 0.1) is 11.8 Å². The highest BCUT2D eigenvalue weighted by molar-refractivity contribution is 5.96. The van der Waals surface area contributed by atoms with Gasteiger partial charge in [0.2, 0.25) is 29.5 Å². The molecule has 19 heteroatoms. The topological polar surface area (TPSA) is 345 Å². The Morgan fingerprint density at radius 3 is 1.52 bits per heavy atom. The predicted octanol–water partition coefficient (Wildman–Crippen LogP) is -1.61. The number of carboxylic acids is 1. The molecular weight excluding hydrogens is 726 g/mol. The number of benzene rings is 1. The van der Waals surface area contributed by atoms with E-state index in [1.807, 2.05) is 0 Å². The van der Waals surface area contributed by atoms with Crippen LogP contribution in [0.15, 0.2) is 29.3 Å². The fourth-order valence-corrected chi connectivity index (χ4v) is 5.64. The lowest BCUT2D eigenvalue weighted by Gasteiger charge is -2.29. The van der Waals surface area contributed by atoms with E-state index in [2.05, 4.69) is 31.6 Å². The van der Waals surface area contributed by atoms with Crippen LogP contribution >= 0.6 is 0 Å². The van der Waals surface area contributed by atoms with E-state index >= 15 is 0 Å². The number of nitrogens with one attached hydrogen (secondary N) is 5. The van der Waals surface area contributed by atoms with Crippen molar-refractivity contribution in [3.8, 4) is 5.75 Å². The van der Waals surface area contributed by atoms with Gasteiger partial charge in [0, 0.05) is 6.54 Å². The molecule has 0 saturated carbocycles. The summed E-state index contributed by atoms with van der Waals surface area (Å²) in [4.78, 5) is 83.6. The van der Waals surface area contributed by atoms with E-state index in [0.29, 0.717) is 44.3 Å². The lowest BCUT2D eigenvalue weighted by molar-refractivity contribution is -0.143. The van der Waals surface area contributed by atoms with Crippen molar-refractivity contribution in [2.24, 2.45) is 45.5 Å². The second-order valence-corrected chi connectivity index (χ2v) is 14.5. The van der Waals surface area contributed by atoms with Crippen molar-refractivity contribution in [1.82, 2.24) is 26.6 Å². The Morgan fingerprint density at radius 1 is 0.625 bits per heavy atom. The van der Waals surface area contributed by atoms with Crippen LogP contribution in [0.25, 0.3) is 0 Å². The highest BCUT2D eigenvalue weighted by atomic mass is 16.4. The number of hydrogen-bond donors (Lipinski definition) is 12. The summed E-state index contributed by atoms with van der Waals surface area (Å²) in [6.45, 7) is 7.61. The quantitative estimate of drug-likeness (QED) is 0.0272. The number of carbonyl (C=O) groups excluding carboxylic acids is 5. The number of nitrogens with zero attached hydrogens (tertiary/aromatic N) is 1. The second-order valence-electron chi connectivity index (χ2n) is 14.5. The lowest BCUT2D eigenvalue weighted by Crippen LogP contribution is -2.60. The van der Waals surface area contributed by atoms with Gasteiger partial charge in [0.15, 0.2) is 5.96 Å². The van der Waals surface area contributed by atoms with E-state index in [1.54, 1.807) is 39.8 Å². The van der Waals surface area contributed by atoms with E-state index in [1.165, 1.54) is 12.1 Å². The molecule has 0 radical (unpaired) electrons. The van der Waals surface area contributed by atoms with Crippen molar-refractivity contribution in [2.45, 2.75) is 122 Å². The van der Waals surface area contributed by atoms with Crippen LogP contribution in [-0.2, 0) is 35.2 Å². The molecule has 0 bridgehead atoms. The monoisotopic (exact) mass is 792 g/mol. The Bertz CT molecular complexity index is 1440. The third kappa shape index (κ3) is 18.5. The maximum Gasteiger partial charge on any atom is 0.326 e. The number of amides is 5. The minimum absolute atomic E-state index is 0.0324. The van der Waals surface area contributed by atoms with E-state index in [4.69, 9.17) is 28.7 Å². The average Bonchev–Trinajstić information content (AvgIpc) is 3.13. The Morgan fingerprint density at radius 2 is 1.05 bits per heavy atom. The number of rotatable bonds is 27. The van der Waals surface area contributed by atoms with Crippen molar-refractivity contribution in [3.05, 3.63) is 29.8 Å². The number of unbranched alkanes of at least 4 members (excludes halogenated alkanes) is 2. The van der Waals surface area contributed by atoms with Gasteiger partial charge in [0.05, 0.1) is 6.04 Å². The molecule has 0 fully saturated rings. The Kier molecular flexibility index (Phi) is 22.7. The highest BCUT2D eigenvalue weighted by Crippen LogP contribution is 2.13. The molecule has 316 valence electrons. The molecule has 0 aliphatic carbocycles. The highest BCUT2D eigenvalue weighted by Gasteiger charge is 2.34. The molecule has 5 amide bonds. The molecular formula is C37H65N11O8. The number of aliphatic imine (C=N–C) groups is 1. The number of nitrogens with two attached hydrogens (primary N) is 5. The minimum atomic E-state index is -1.23. The number of hydrogen-bond acceptors (Lipinski definition) is 11. The molecule has 17 N–H and O–H groups in total. The van der Waals surface area contributed by atoms with E-state index < -0.39 is 83.6 Å². The molecule has 19 nitrogen and oxygen atoms in total. The zero-order valence-corrected chi connectivity index (χ0v) is 33.1. The fourth-order valence-electron chi connectivity index (χ4n) is 5.64. The molecule has 0 aromatic heterocycles. The molecule has 1 aromatic carbocycles. The lowest BCUT2D eigenvalue weighted by atomic mass is 9.99. The van der Waals surface area contributed by atoms with Crippen molar-refractivity contribution in [1.29, 1.82) is 0 Å². The largest absolute Gasteiger partial charge is 0.508 e. The average molecular weight is 792 g/mol. The standard InChI is InChI=1S/C37H65N11O8/c1-21(2)29(47-31(50)25(40)20-23-13-15-24(49)16-14-23)34(53)45-26(10-5-7-17-38)32(51)44-27(12-9-19-43-37(41)42)33(52)48-30(22(3)4)35(54)46-28(36(55)56)11-6-8-18-39/h13-16,21-22,25-30,49H,5-12,17-20,38-40H2,1-4H3,(H,44,51)(H,45,53)(H,46,54)(H,47,50)(H,48,52)(H,55,56)(H4,41,42,43). The zero-order chi connectivity index (χ0) is 42.4. The molecule has 0 aliphatic heterocycles. The molecule has 56 heavy (non-hydrogen) atoms. The van der Waals surface area contributed by atoms with Crippen molar-refractivity contribution < 1.29 is 39.0 Å². The van der Waals surface area contributed by atoms with Gasteiger partial charge in [-0.3, -0.25) is 29.0 Å². The van der Waals surface area contributed by atoms with Gasteiger partial charge in [-0.25, -0.2) is 4.79 Å². The number of phenols is 1.